The van der Waals surface area contributed by atoms with Gasteiger partial charge in [0.2, 0.25) is 0 Å². The van der Waals surface area contributed by atoms with Crippen molar-refractivity contribution >= 4 is 18.3 Å². The average molecular weight is 345 g/mol. The Kier molecular flexibility index (Phi) is 18.4. The van der Waals surface area contributed by atoms with Crippen LogP contribution in [-0.2, 0) is 26.6 Å². The van der Waals surface area contributed by atoms with Crippen LogP contribution in [0.25, 0.3) is 0 Å². The van der Waals surface area contributed by atoms with Crippen LogP contribution in [0, 0.1) is 0 Å². The Morgan fingerprint density at radius 1 is 0.857 bits per heavy atom. The lowest BCUT2D eigenvalue weighted by Crippen LogP contribution is -2.43. The molecule has 3 N–H and O–H groups in total. The van der Waals surface area contributed by atoms with E-state index in [1.54, 1.807) is 42.7 Å². The van der Waals surface area contributed by atoms with Gasteiger partial charge >= 0.3 is 18.3 Å². The van der Waals surface area contributed by atoms with E-state index in [-0.39, 0.29) is 0 Å². The normalized spacial score (nSPS) is 11.4. The highest BCUT2D eigenvalue weighted by atomic mass is 28.4. The Hall–Kier alpha value is 0.114. The summed E-state index contributed by atoms with van der Waals surface area (Å²) < 4.78 is 30.1. The second-order valence-corrected chi connectivity index (χ2v) is 9.02. The smallest absolute Gasteiger partial charge is 0.379 e. The summed E-state index contributed by atoms with van der Waals surface area (Å²) in [5.41, 5.74) is 5.35. The number of rotatable bonds is 12. The van der Waals surface area contributed by atoms with Gasteiger partial charge < -0.3 is 37.6 Å². The molecule has 0 spiro atoms. The van der Waals surface area contributed by atoms with Crippen molar-refractivity contribution in [2.75, 3.05) is 62.3 Å². The van der Waals surface area contributed by atoms with Crippen LogP contribution in [0.4, 0.5) is 0 Å². The lowest BCUT2D eigenvalue weighted by molar-refractivity contribution is 0.123. The third-order valence-electron chi connectivity index (χ3n) is 2.67. The second-order valence-electron chi connectivity index (χ2n) is 3.93. The summed E-state index contributed by atoms with van der Waals surface area (Å²) in [5, 5.41) is 3.21. The fourth-order valence-electron chi connectivity index (χ4n) is 1.50. The molecule has 0 aromatic rings. The average Bonchev–Trinajstić information content (AvgIpc) is 2.54. The minimum absolute atomic E-state index is 0.668. The summed E-state index contributed by atoms with van der Waals surface area (Å²) in [6, 6.07) is 0.827. The first-order valence-electron chi connectivity index (χ1n) is 6.74. The predicted octanol–water partition coefficient (Wildman–Crippen LogP) is -0.554. The molecule has 0 bridgehead atoms. The molecule has 0 rings (SSSR count). The van der Waals surface area contributed by atoms with Crippen LogP contribution in [0.2, 0.25) is 6.04 Å². The van der Waals surface area contributed by atoms with Gasteiger partial charge in [-0.1, -0.05) is 0 Å². The minimum Gasteiger partial charge on any atom is -0.379 e. The highest BCUT2D eigenvalue weighted by Crippen LogP contribution is 2.14. The highest BCUT2D eigenvalue weighted by Gasteiger charge is 2.36. The highest BCUT2D eigenvalue weighted by molar-refractivity contribution is 6.60. The number of nitrogens with one attached hydrogen (secondary N) is 1. The van der Waals surface area contributed by atoms with E-state index in [1.807, 2.05) is 0 Å². The van der Waals surface area contributed by atoms with Gasteiger partial charge in [0.1, 0.15) is 0 Å². The van der Waals surface area contributed by atoms with Crippen molar-refractivity contribution in [3.05, 3.63) is 0 Å². The van der Waals surface area contributed by atoms with Gasteiger partial charge in [0, 0.05) is 61.8 Å². The fraction of sp³-hybridized carbons (Fsp3) is 1.00. The molecule has 21 heavy (non-hydrogen) atoms. The standard InChI is InChI=1S/C8H22N2O3Si.C3H10O3Si/c1-11-14(12-2,13-3)8-4-6-10-7-5-9;1-4-7(5-2)6-3/h10H,4-9H2,1-3H3;7H,1-3H3. The van der Waals surface area contributed by atoms with E-state index >= 15 is 0 Å². The SMILES string of the molecule is CO[SiH](OC)OC.CO[Si](CCCNCCN)(OC)OC. The van der Waals surface area contributed by atoms with Crippen LogP contribution in [-0.4, -0.2) is 80.6 Å². The molecule has 130 valence electrons. The molecule has 0 radical (unpaired) electrons. The lowest BCUT2D eigenvalue weighted by Gasteiger charge is -2.24. The molecule has 8 nitrogen and oxygen atoms in total. The maximum atomic E-state index is 5.35. The van der Waals surface area contributed by atoms with Crippen LogP contribution in [0.3, 0.4) is 0 Å². The van der Waals surface area contributed by atoms with Gasteiger partial charge in [-0.05, 0) is 13.0 Å². The van der Waals surface area contributed by atoms with Gasteiger partial charge in [-0.25, -0.2) is 0 Å². The van der Waals surface area contributed by atoms with Gasteiger partial charge in [0.25, 0.3) is 0 Å². The molecular formula is C11H32N2O6Si2. The van der Waals surface area contributed by atoms with Crippen LogP contribution in [0.5, 0.6) is 0 Å². The zero-order valence-electron chi connectivity index (χ0n) is 14.1. The van der Waals surface area contributed by atoms with Gasteiger partial charge in [-0.15, -0.1) is 0 Å². The first-order chi connectivity index (χ1) is 10.1. The molecule has 0 heterocycles. The Morgan fingerprint density at radius 3 is 1.62 bits per heavy atom. The fourth-order valence-corrected chi connectivity index (χ4v) is 3.80. The maximum absolute atomic E-state index is 5.35. The third kappa shape index (κ3) is 12.4. The summed E-state index contributed by atoms with van der Waals surface area (Å²) in [6.07, 6.45) is 0.974. The number of hydrogen-bond donors (Lipinski definition) is 2. The van der Waals surface area contributed by atoms with Crippen LogP contribution >= 0.6 is 0 Å². The van der Waals surface area contributed by atoms with Crippen molar-refractivity contribution in [2.45, 2.75) is 12.5 Å². The van der Waals surface area contributed by atoms with E-state index in [1.165, 1.54) is 0 Å². The Morgan fingerprint density at radius 2 is 1.33 bits per heavy atom. The molecule has 0 aromatic heterocycles. The van der Waals surface area contributed by atoms with Crippen LogP contribution in [0.15, 0.2) is 0 Å². The largest absolute Gasteiger partial charge is 0.500 e. The molecule has 0 aromatic carbocycles. The van der Waals surface area contributed by atoms with E-state index in [0.717, 1.165) is 25.6 Å². The van der Waals surface area contributed by atoms with Gasteiger partial charge in [0.05, 0.1) is 0 Å². The zero-order valence-corrected chi connectivity index (χ0v) is 16.3. The first-order valence-corrected chi connectivity index (χ1v) is 10.1. The van der Waals surface area contributed by atoms with E-state index in [9.17, 15) is 0 Å². The van der Waals surface area contributed by atoms with Crippen molar-refractivity contribution in [3.8, 4) is 0 Å². The monoisotopic (exact) mass is 344 g/mol. The quantitative estimate of drug-likeness (QED) is 0.360. The maximum Gasteiger partial charge on any atom is 0.500 e. The van der Waals surface area contributed by atoms with E-state index in [2.05, 4.69) is 5.32 Å². The Labute approximate surface area is 131 Å². The molecule has 0 atom stereocenters. The van der Waals surface area contributed by atoms with Crippen molar-refractivity contribution < 1.29 is 26.6 Å². The number of hydrogen-bond acceptors (Lipinski definition) is 8. The van der Waals surface area contributed by atoms with Crippen LogP contribution < -0.4 is 11.1 Å². The van der Waals surface area contributed by atoms with E-state index < -0.39 is 18.3 Å². The van der Waals surface area contributed by atoms with Gasteiger partial charge in [0.15, 0.2) is 0 Å². The molecule has 0 aliphatic heterocycles. The molecule has 0 fully saturated rings. The first kappa shape index (κ1) is 23.4. The third-order valence-corrected chi connectivity index (χ3v) is 6.65. The van der Waals surface area contributed by atoms with Crippen molar-refractivity contribution in [1.29, 1.82) is 0 Å². The van der Waals surface area contributed by atoms with E-state index in [0.29, 0.717) is 6.54 Å². The second kappa shape index (κ2) is 16.5. The topological polar surface area (TPSA) is 93.4 Å². The molecule has 0 saturated carbocycles. The van der Waals surface area contributed by atoms with E-state index in [4.69, 9.17) is 32.3 Å². The summed E-state index contributed by atoms with van der Waals surface area (Å²) in [7, 11) is 5.59. The summed E-state index contributed by atoms with van der Waals surface area (Å²) in [6.45, 7) is 2.44. The minimum atomic E-state index is -2.35. The lowest BCUT2D eigenvalue weighted by atomic mass is 10.5. The zero-order chi connectivity index (χ0) is 16.6. The van der Waals surface area contributed by atoms with Crippen molar-refractivity contribution in [3.63, 3.8) is 0 Å². The molecule has 0 unspecified atom stereocenters. The molecule has 0 saturated heterocycles. The van der Waals surface area contributed by atoms with Gasteiger partial charge in [-0.3, -0.25) is 0 Å². The Balaban J connectivity index is 0. The summed E-state index contributed by atoms with van der Waals surface area (Å²) in [4.78, 5) is 0. The molecule has 0 aliphatic rings. The van der Waals surface area contributed by atoms with Gasteiger partial charge in [-0.2, -0.15) is 0 Å². The molecule has 0 aliphatic carbocycles. The Bertz CT molecular complexity index is 195. The van der Waals surface area contributed by atoms with Crippen molar-refractivity contribution in [1.82, 2.24) is 5.32 Å². The van der Waals surface area contributed by atoms with Crippen LogP contribution in [0.1, 0.15) is 6.42 Å². The predicted molar refractivity (Wildman–Crippen MR) is 86.3 cm³/mol. The molecule has 0 amide bonds. The molecular weight excluding hydrogens is 312 g/mol. The summed E-state index contributed by atoms with van der Waals surface area (Å²) in [5.74, 6) is 0. The summed E-state index contributed by atoms with van der Waals surface area (Å²) >= 11 is 0. The number of nitrogens with two attached hydrogens (primary N) is 1. The van der Waals surface area contributed by atoms with Crippen molar-refractivity contribution in [2.24, 2.45) is 5.73 Å². The molecule has 10 heteroatoms.